The zero-order chi connectivity index (χ0) is 17.3. The lowest BCUT2D eigenvalue weighted by Crippen LogP contribution is -2.25. The van der Waals surface area contributed by atoms with Gasteiger partial charge in [0.2, 0.25) is 0 Å². The molecule has 124 valence electrons. The maximum atomic E-state index is 12.8. The zero-order valence-electron chi connectivity index (χ0n) is 13.2. The highest BCUT2D eigenvalue weighted by Gasteiger charge is 2.16. The van der Waals surface area contributed by atoms with E-state index in [-0.39, 0.29) is 23.2 Å². The summed E-state index contributed by atoms with van der Waals surface area (Å²) >= 11 is 0. The van der Waals surface area contributed by atoms with Crippen molar-refractivity contribution < 1.29 is 9.66 Å². The van der Waals surface area contributed by atoms with Crippen molar-refractivity contribution in [2.45, 2.75) is 6.54 Å². The van der Waals surface area contributed by atoms with Gasteiger partial charge in [0.05, 0.1) is 40.7 Å². The predicted molar refractivity (Wildman–Crippen MR) is 86.7 cm³/mol. The molecular formula is C15H15N5O4. The molecule has 3 aromatic rings. The van der Waals surface area contributed by atoms with Crippen LogP contribution in [0.1, 0.15) is 0 Å². The standard InChI is InChI=1S/C15H15N5O4/c1-18-9-10(8-16-18)14-17-13-4-3-11(20(22)23)7-12(13)15(21)19(14)5-6-24-2/h3-4,7-9H,5-6H2,1-2H3. The molecule has 2 heterocycles. The second-order valence-electron chi connectivity index (χ2n) is 5.25. The molecule has 0 aliphatic heterocycles. The zero-order valence-corrected chi connectivity index (χ0v) is 13.2. The van der Waals surface area contributed by atoms with E-state index in [0.29, 0.717) is 23.5 Å². The summed E-state index contributed by atoms with van der Waals surface area (Å²) in [6, 6.07) is 4.07. The van der Waals surface area contributed by atoms with E-state index in [4.69, 9.17) is 4.74 Å². The summed E-state index contributed by atoms with van der Waals surface area (Å²) in [6.45, 7) is 0.598. The average Bonchev–Trinajstić information content (AvgIpc) is 2.99. The minimum atomic E-state index is -0.534. The number of methoxy groups -OCH3 is 1. The molecule has 2 aromatic heterocycles. The lowest BCUT2D eigenvalue weighted by atomic mass is 10.2. The van der Waals surface area contributed by atoms with E-state index in [9.17, 15) is 14.9 Å². The van der Waals surface area contributed by atoms with Crippen LogP contribution in [-0.2, 0) is 18.3 Å². The van der Waals surface area contributed by atoms with Crippen LogP contribution in [0, 0.1) is 10.1 Å². The SMILES string of the molecule is COCCn1c(-c2cnn(C)c2)nc2ccc([N+](=O)[O-])cc2c1=O. The number of non-ortho nitro benzene ring substituents is 1. The Bertz CT molecular complexity index is 976. The molecule has 0 saturated carbocycles. The Balaban J connectivity index is 2.28. The van der Waals surface area contributed by atoms with Gasteiger partial charge >= 0.3 is 0 Å². The number of benzene rings is 1. The van der Waals surface area contributed by atoms with Gasteiger partial charge in [0, 0.05) is 32.5 Å². The monoisotopic (exact) mass is 329 g/mol. The van der Waals surface area contributed by atoms with Crippen molar-refractivity contribution in [2.75, 3.05) is 13.7 Å². The molecule has 0 saturated heterocycles. The van der Waals surface area contributed by atoms with Gasteiger partial charge in [0.15, 0.2) is 0 Å². The predicted octanol–water partition coefficient (Wildman–Crippen LogP) is 1.35. The average molecular weight is 329 g/mol. The molecule has 0 spiro atoms. The molecule has 24 heavy (non-hydrogen) atoms. The minimum Gasteiger partial charge on any atom is -0.383 e. The number of hydrogen-bond donors (Lipinski definition) is 0. The van der Waals surface area contributed by atoms with Crippen molar-refractivity contribution in [2.24, 2.45) is 7.05 Å². The van der Waals surface area contributed by atoms with Crippen LogP contribution in [0.5, 0.6) is 0 Å². The summed E-state index contributed by atoms with van der Waals surface area (Å²) in [5.41, 5.74) is 0.595. The molecule has 0 N–H and O–H groups in total. The largest absolute Gasteiger partial charge is 0.383 e. The van der Waals surface area contributed by atoms with Gasteiger partial charge in [-0.2, -0.15) is 5.10 Å². The maximum absolute atomic E-state index is 12.8. The minimum absolute atomic E-state index is 0.145. The van der Waals surface area contributed by atoms with Crippen LogP contribution in [0.4, 0.5) is 5.69 Å². The highest BCUT2D eigenvalue weighted by Crippen LogP contribution is 2.21. The summed E-state index contributed by atoms with van der Waals surface area (Å²) in [5.74, 6) is 0.450. The second-order valence-corrected chi connectivity index (χ2v) is 5.25. The molecule has 9 nitrogen and oxygen atoms in total. The molecule has 0 fully saturated rings. The molecule has 0 unspecified atom stereocenters. The Kier molecular flexibility index (Phi) is 4.09. The van der Waals surface area contributed by atoms with Crippen molar-refractivity contribution in [3.8, 4) is 11.4 Å². The third kappa shape index (κ3) is 2.76. The summed E-state index contributed by atoms with van der Waals surface area (Å²) < 4.78 is 8.12. The molecule has 0 amide bonds. The van der Waals surface area contributed by atoms with Crippen molar-refractivity contribution in [3.05, 3.63) is 51.1 Å². The Labute approximate surface area is 136 Å². The lowest BCUT2D eigenvalue weighted by Gasteiger charge is -2.12. The summed E-state index contributed by atoms with van der Waals surface area (Å²) in [5, 5.41) is 15.3. The van der Waals surface area contributed by atoms with E-state index in [1.807, 2.05) is 0 Å². The fraction of sp³-hybridized carbons (Fsp3) is 0.267. The molecule has 0 radical (unpaired) electrons. The van der Waals surface area contributed by atoms with Gasteiger partial charge in [-0.3, -0.25) is 24.2 Å². The van der Waals surface area contributed by atoms with E-state index >= 15 is 0 Å². The Morgan fingerprint density at radius 3 is 2.79 bits per heavy atom. The number of fused-ring (bicyclic) bond motifs is 1. The third-order valence-corrected chi connectivity index (χ3v) is 3.63. The van der Waals surface area contributed by atoms with Crippen molar-refractivity contribution in [1.29, 1.82) is 0 Å². The molecule has 9 heteroatoms. The summed E-state index contributed by atoms with van der Waals surface area (Å²) in [6.07, 6.45) is 3.37. The van der Waals surface area contributed by atoms with Crippen LogP contribution < -0.4 is 5.56 Å². The quantitative estimate of drug-likeness (QED) is 0.517. The molecule has 0 bridgehead atoms. The Morgan fingerprint density at radius 2 is 2.17 bits per heavy atom. The van der Waals surface area contributed by atoms with E-state index in [1.165, 1.54) is 29.9 Å². The van der Waals surface area contributed by atoms with Gasteiger partial charge in [0.1, 0.15) is 5.82 Å². The van der Waals surface area contributed by atoms with E-state index in [1.54, 1.807) is 24.1 Å². The lowest BCUT2D eigenvalue weighted by molar-refractivity contribution is -0.384. The third-order valence-electron chi connectivity index (χ3n) is 3.63. The highest BCUT2D eigenvalue weighted by atomic mass is 16.6. The van der Waals surface area contributed by atoms with Crippen LogP contribution in [0.3, 0.4) is 0 Å². The first-order valence-electron chi connectivity index (χ1n) is 7.18. The number of hydrogen-bond acceptors (Lipinski definition) is 6. The van der Waals surface area contributed by atoms with E-state index in [0.717, 1.165) is 0 Å². The summed E-state index contributed by atoms with van der Waals surface area (Å²) in [4.78, 5) is 27.7. The first-order chi connectivity index (χ1) is 11.5. The molecule has 0 atom stereocenters. The first kappa shape index (κ1) is 15.8. The van der Waals surface area contributed by atoms with Gasteiger partial charge in [-0.15, -0.1) is 0 Å². The number of nitrogens with zero attached hydrogens (tertiary/aromatic N) is 5. The molecule has 1 aromatic carbocycles. The van der Waals surface area contributed by atoms with Crippen LogP contribution >= 0.6 is 0 Å². The van der Waals surface area contributed by atoms with Gasteiger partial charge in [-0.25, -0.2) is 4.98 Å². The van der Waals surface area contributed by atoms with Crippen LogP contribution in [0.15, 0.2) is 35.4 Å². The highest BCUT2D eigenvalue weighted by molar-refractivity contribution is 5.82. The number of nitro groups is 1. The van der Waals surface area contributed by atoms with Gasteiger partial charge in [-0.1, -0.05) is 0 Å². The molecule has 0 aliphatic carbocycles. The summed E-state index contributed by atoms with van der Waals surface area (Å²) in [7, 11) is 3.31. The van der Waals surface area contributed by atoms with Gasteiger partial charge in [0.25, 0.3) is 11.2 Å². The fourth-order valence-corrected chi connectivity index (χ4v) is 2.47. The number of ether oxygens (including phenoxy) is 1. The number of aryl methyl sites for hydroxylation is 1. The van der Waals surface area contributed by atoms with Gasteiger partial charge in [-0.05, 0) is 6.07 Å². The Morgan fingerprint density at radius 1 is 1.38 bits per heavy atom. The molecule has 0 aliphatic rings. The number of nitro benzene ring substituents is 1. The van der Waals surface area contributed by atoms with Crippen LogP contribution in [-0.4, -0.2) is 38.0 Å². The van der Waals surface area contributed by atoms with Crippen molar-refractivity contribution >= 4 is 16.6 Å². The number of aromatic nitrogens is 4. The van der Waals surface area contributed by atoms with Crippen molar-refractivity contribution in [3.63, 3.8) is 0 Å². The Hall–Kier alpha value is -3.07. The molecular weight excluding hydrogens is 314 g/mol. The van der Waals surface area contributed by atoms with Crippen molar-refractivity contribution in [1.82, 2.24) is 19.3 Å². The smallest absolute Gasteiger partial charge is 0.270 e. The van der Waals surface area contributed by atoms with Crippen LogP contribution in [0.25, 0.3) is 22.3 Å². The maximum Gasteiger partial charge on any atom is 0.270 e. The fourth-order valence-electron chi connectivity index (χ4n) is 2.47. The van der Waals surface area contributed by atoms with Gasteiger partial charge < -0.3 is 4.74 Å². The second kappa shape index (κ2) is 6.20. The topological polar surface area (TPSA) is 105 Å². The van der Waals surface area contributed by atoms with Crippen LogP contribution in [0.2, 0.25) is 0 Å². The normalized spacial score (nSPS) is 11.1. The number of rotatable bonds is 5. The van der Waals surface area contributed by atoms with E-state index < -0.39 is 4.92 Å². The first-order valence-corrected chi connectivity index (χ1v) is 7.18. The van der Waals surface area contributed by atoms with E-state index in [2.05, 4.69) is 10.1 Å². The molecule has 3 rings (SSSR count).